The minimum Gasteiger partial charge on any atom is -0.495 e. The van der Waals surface area contributed by atoms with E-state index in [4.69, 9.17) is 14.7 Å². The van der Waals surface area contributed by atoms with E-state index in [-0.39, 0.29) is 5.69 Å². The van der Waals surface area contributed by atoms with Crippen LogP contribution in [-0.4, -0.2) is 24.7 Å². The third kappa shape index (κ3) is 3.49. The molecule has 0 amide bonds. The fraction of sp³-hybridized carbons (Fsp3) is 0.214. The largest absolute Gasteiger partial charge is 0.495 e. The Morgan fingerprint density at radius 2 is 2.33 bits per heavy atom. The Balaban J connectivity index is 2.19. The standard InChI is InChI=1S/C14H13N3O3S/c1-3-20-13(18)11-8-21-14(17-11)16-10-5-4-9(7-15)6-12(10)19-2/h4-6,8H,3H2,1-2H3,(H,16,17). The van der Waals surface area contributed by atoms with Gasteiger partial charge in [-0.3, -0.25) is 0 Å². The predicted octanol–water partition coefficient (Wildman–Crippen LogP) is 2.94. The quantitative estimate of drug-likeness (QED) is 0.855. The number of thiazole rings is 1. The second-order valence-corrected chi connectivity index (χ2v) is 4.77. The molecular weight excluding hydrogens is 290 g/mol. The number of benzene rings is 1. The molecule has 108 valence electrons. The zero-order valence-corrected chi connectivity index (χ0v) is 12.4. The van der Waals surface area contributed by atoms with Crippen LogP contribution in [0.3, 0.4) is 0 Å². The van der Waals surface area contributed by atoms with Gasteiger partial charge in [0.1, 0.15) is 5.75 Å². The second-order valence-electron chi connectivity index (χ2n) is 3.91. The fourth-order valence-electron chi connectivity index (χ4n) is 1.61. The molecule has 0 aliphatic carbocycles. The number of rotatable bonds is 5. The first-order chi connectivity index (χ1) is 10.2. The maximum atomic E-state index is 11.6. The van der Waals surface area contributed by atoms with Crippen molar-refractivity contribution in [1.82, 2.24) is 4.98 Å². The summed E-state index contributed by atoms with van der Waals surface area (Å²) in [5, 5.41) is 14.1. The number of aromatic nitrogens is 1. The maximum Gasteiger partial charge on any atom is 0.357 e. The molecule has 0 radical (unpaired) electrons. The number of carbonyl (C=O) groups excluding carboxylic acids is 1. The molecule has 0 fully saturated rings. The number of anilines is 2. The molecule has 0 saturated carbocycles. The molecular formula is C14H13N3O3S. The lowest BCUT2D eigenvalue weighted by Crippen LogP contribution is -2.05. The molecule has 7 heteroatoms. The number of nitrogens with one attached hydrogen (secondary N) is 1. The van der Waals surface area contributed by atoms with Crippen LogP contribution in [0.25, 0.3) is 0 Å². The van der Waals surface area contributed by atoms with Crippen LogP contribution in [0, 0.1) is 11.3 Å². The fourth-order valence-corrected chi connectivity index (χ4v) is 2.30. The Morgan fingerprint density at radius 1 is 1.52 bits per heavy atom. The summed E-state index contributed by atoms with van der Waals surface area (Å²) in [5.74, 6) is 0.0792. The van der Waals surface area contributed by atoms with E-state index in [9.17, 15) is 4.79 Å². The van der Waals surface area contributed by atoms with Crippen LogP contribution in [0.2, 0.25) is 0 Å². The highest BCUT2D eigenvalue weighted by atomic mass is 32.1. The molecule has 1 N–H and O–H groups in total. The van der Waals surface area contributed by atoms with Crippen molar-refractivity contribution in [1.29, 1.82) is 5.26 Å². The first-order valence-electron chi connectivity index (χ1n) is 6.15. The first kappa shape index (κ1) is 14.8. The van der Waals surface area contributed by atoms with Crippen molar-refractivity contribution in [2.24, 2.45) is 0 Å². The normalized spacial score (nSPS) is 9.76. The molecule has 1 aromatic carbocycles. The molecule has 0 saturated heterocycles. The topological polar surface area (TPSA) is 84.2 Å². The van der Waals surface area contributed by atoms with Gasteiger partial charge in [-0.15, -0.1) is 11.3 Å². The number of hydrogen-bond donors (Lipinski definition) is 1. The Kier molecular flexibility index (Phi) is 4.74. The summed E-state index contributed by atoms with van der Waals surface area (Å²) >= 11 is 1.28. The number of nitriles is 1. The molecule has 1 heterocycles. The molecule has 0 bridgehead atoms. The van der Waals surface area contributed by atoms with Gasteiger partial charge in [-0.1, -0.05) is 0 Å². The molecule has 2 aromatic rings. The third-order valence-corrected chi connectivity index (χ3v) is 3.32. The van der Waals surface area contributed by atoms with Gasteiger partial charge in [0.05, 0.1) is 31.0 Å². The van der Waals surface area contributed by atoms with Crippen molar-refractivity contribution in [2.45, 2.75) is 6.92 Å². The SMILES string of the molecule is CCOC(=O)c1csc(Nc2ccc(C#N)cc2OC)n1. The summed E-state index contributed by atoms with van der Waals surface area (Å²) in [7, 11) is 1.52. The highest BCUT2D eigenvalue weighted by molar-refractivity contribution is 7.14. The summed E-state index contributed by atoms with van der Waals surface area (Å²) in [5.41, 5.74) is 1.43. The molecule has 1 aromatic heterocycles. The minimum absolute atomic E-state index is 0.261. The van der Waals surface area contributed by atoms with E-state index in [0.29, 0.717) is 28.7 Å². The maximum absolute atomic E-state index is 11.6. The number of carbonyl (C=O) groups is 1. The van der Waals surface area contributed by atoms with Gasteiger partial charge >= 0.3 is 5.97 Å². The predicted molar refractivity (Wildman–Crippen MR) is 79.1 cm³/mol. The summed E-state index contributed by atoms with van der Waals surface area (Å²) in [6.45, 7) is 2.05. The Bertz CT molecular complexity index is 691. The lowest BCUT2D eigenvalue weighted by atomic mass is 10.2. The monoisotopic (exact) mass is 303 g/mol. The zero-order valence-electron chi connectivity index (χ0n) is 11.5. The van der Waals surface area contributed by atoms with Crippen LogP contribution in [0.15, 0.2) is 23.6 Å². The Morgan fingerprint density at radius 3 is 3.00 bits per heavy atom. The van der Waals surface area contributed by atoms with E-state index >= 15 is 0 Å². The van der Waals surface area contributed by atoms with Gasteiger partial charge in [0.25, 0.3) is 0 Å². The van der Waals surface area contributed by atoms with Crippen molar-refractivity contribution < 1.29 is 14.3 Å². The summed E-state index contributed by atoms with van der Waals surface area (Å²) in [6, 6.07) is 7.07. The van der Waals surface area contributed by atoms with Crippen molar-refractivity contribution in [2.75, 3.05) is 19.0 Å². The number of esters is 1. The van der Waals surface area contributed by atoms with E-state index in [1.807, 2.05) is 6.07 Å². The molecule has 0 aliphatic heterocycles. The van der Waals surface area contributed by atoms with Gasteiger partial charge in [-0.25, -0.2) is 9.78 Å². The lowest BCUT2D eigenvalue weighted by Gasteiger charge is -2.08. The van der Waals surface area contributed by atoms with Crippen LogP contribution < -0.4 is 10.1 Å². The number of methoxy groups -OCH3 is 1. The van der Waals surface area contributed by atoms with Crippen LogP contribution >= 0.6 is 11.3 Å². The Labute approximate surface area is 126 Å². The smallest absolute Gasteiger partial charge is 0.357 e. The van der Waals surface area contributed by atoms with Gasteiger partial charge in [-0.2, -0.15) is 5.26 Å². The minimum atomic E-state index is -0.450. The highest BCUT2D eigenvalue weighted by Crippen LogP contribution is 2.30. The van der Waals surface area contributed by atoms with E-state index < -0.39 is 5.97 Å². The average molecular weight is 303 g/mol. The van der Waals surface area contributed by atoms with Crippen molar-refractivity contribution in [3.05, 3.63) is 34.8 Å². The summed E-state index contributed by atoms with van der Waals surface area (Å²) < 4.78 is 10.1. The average Bonchev–Trinajstić information content (AvgIpc) is 2.96. The van der Waals surface area contributed by atoms with E-state index in [0.717, 1.165) is 0 Å². The van der Waals surface area contributed by atoms with E-state index in [1.54, 1.807) is 30.5 Å². The zero-order chi connectivity index (χ0) is 15.2. The molecule has 0 unspecified atom stereocenters. The van der Waals surface area contributed by atoms with Crippen LogP contribution in [-0.2, 0) is 4.74 Å². The summed E-state index contributed by atoms with van der Waals surface area (Å²) in [6.07, 6.45) is 0. The van der Waals surface area contributed by atoms with Crippen LogP contribution in [0.1, 0.15) is 23.0 Å². The third-order valence-electron chi connectivity index (χ3n) is 2.56. The van der Waals surface area contributed by atoms with Crippen LogP contribution in [0.4, 0.5) is 10.8 Å². The van der Waals surface area contributed by atoms with Gasteiger partial charge in [0, 0.05) is 11.4 Å². The number of nitrogens with zero attached hydrogens (tertiary/aromatic N) is 2. The second kappa shape index (κ2) is 6.72. The molecule has 0 spiro atoms. The molecule has 2 rings (SSSR count). The lowest BCUT2D eigenvalue weighted by molar-refractivity contribution is 0.0520. The van der Waals surface area contributed by atoms with Gasteiger partial charge in [-0.05, 0) is 19.1 Å². The number of hydrogen-bond acceptors (Lipinski definition) is 7. The van der Waals surface area contributed by atoms with Gasteiger partial charge in [0.2, 0.25) is 0 Å². The van der Waals surface area contributed by atoms with E-state index in [2.05, 4.69) is 10.3 Å². The molecule has 6 nitrogen and oxygen atoms in total. The Hall–Kier alpha value is -2.59. The van der Waals surface area contributed by atoms with Crippen molar-refractivity contribution in [3.63, 3.8) is 0 Å². The number of ether oxygens (including phenoxy) is 2. The molecule has 21 heavy (non-hydrogen) atoms. The van der Waals surface area contributed by atoms with Gasteiger partial charge in [0.15, 0.2) is 10.8 Å². The highest BCUT2D eigenvalue weighted by Gasteiger charge is 2.13. The molecule has 0 atom stereocenters. The summed E-state index contributed by atoms with van der Waals surface area (Å²) in [4.78, 5) is 15.7. The van der Waals surface area contributed by atoms with Gasteiger partial charge < -0.3 is 14.8 Å². The first-order valence-corrected chi connectivity index (χ1v) is 7.03. The van der Waals surface area contributed by atoms with Crippen molar-refractivity contribution >= 4 is 28.1 Å². The van der Waals surface area contributed by atoms with E-state index in [1.165, 1.54) is 18.4 Å². The van der Waals surface area contributed by atoms with Crippen molar-refractivity contribution in [3.8, 4) is 11.8 Å². The van der Waals surface area contributed by atoms with Crippen LogP contribution in [0.5, 0.6) is 5.75 Å². The molecule has 0 aliphatic rings.